The maximum Gasteiger partial charge on any atom is 0.252 e. The summed E-state index contributed by atoms with van der Waals surface area (Å²) in [7, 11) is 0. The van der Waals surface area contributed by atoms with Crippen molar-refractivity contribution in [1.29, 1.82) is 0 Å². The highest BCUT2D eigenvalue weighted by Gasteiger charge is 2.36. The first-order valence-corrected chi connectivity index (χ1v) is 5.04. The second kappa shape index (κ2) is 4.11. The highest BCUT2D eigenvalue weighted by molar-refractivity contribution is 7.99. The quantitative estimate of drug-likeness (QED) is 0.521. The SMILES string of the molecule is O=C1NCCSCC1(O)CCO. The Hall–Kier alpha value is -0.260. The predicted molar refractivity (Wildman–Crippen MR) is 47.0 cm³/mol. The van der Waals surface area contributed by atoms with Crippen molar-refractivity contribution in [3.8, 4) is 0 Å². The molecule has 5 heteroatoms. The zero-order valence-corrected chi connectivity index (χ0v) is 7.56. The van der Waals surface area contributed by atoms with Crippen molar-refractivity contribution in [2.45, 2.75) is 12.0 Å². The first kappa shape index (κ1) is 9.83. The van der Waals surface area contributed by atoms with Gasteiger partial charge in [-0.1, -0.05) is 0 Å². The average molecular weight is 191 g/mol. The fraction of sp³-hybridized carbons (Fsp3) is 0.857. The first-order chi connectivity index (χ1) is 5.69. The van der Waals surface area contributed by atoms with Gasteiger partial charge in [-0.15, -0.1) is 0 Å². The Morgan fingerprint density at radius 2 is 2.42 bits per heavy atom. The number of nitrogens with one attached hydrogen (secondary N) is 1. The van der Waals surface area contributed by atoms with Crippen molar-refractivity contribution in [3.05, 3.63) is 0 Å². The number of amides is 1. The molecule has 0 spiro atoms. The molecule has 0 bridgehead atoms. The summed E-state index contributed by atoms with van der Waals surface area (Å²) >= 11 is 1.52. The molecule has 1 aliphatic rings. The topological polar surface area (TPSA) is 69.6 Å². The molecular weight excluding hydrogens is 178 g/mol. The molecule has 0 radical (unpaired) electrons. The van der Waals surface area contributed by atoms with Crippen LogP contribution in [0, 0.1) is 0 Å². The van der Waals surface area contributed by atoms with Crippen molar-refractivity contribution in [3.63, 3.8) is 0 Å². The second-order valence-corrected chi connectivity index (χ2v) is 3.92. The fourth-order valence-electron chi connectivity index (χ4n) is 1.08. The van der Waals surface area contributed by atoms with Gasteiger partial charge in [-0.05, 0) is 0 Å². The molecular formula is C7H13NO3S. The molecule has 1 heterocycles. The van der Waals surface area contributed by atoms with Crippen LogP contribution in [0.3, 0.4) is 0 Å². The van der Waals surface area contributed by atoms with Crippen LogP contribution in [0.4, 0.5) is 0 Å². The van der Waals surface area contributed by atoms with E-state index in [9.17, 15) is 9.90 Å². The van der Waals surface area contributed by atoms with Gasteiger partial charge < -0.3 is 15.5 Å². The molecule has 70 valence electrons. The van der Waals surface area contributed by atoms with Gasteiger partial charge in [-0.25, -0.2) is 0 Å². The van der Waals surface area contributed by atoms with Crippen molar-refractivity contribution in [2.24, 2.45) is 0 Å². The lowest BCUT2D eigenvalue weighted by molar-refractivity contribution is -0.138. The Morgan fingerprint density at radius 3 is 3.08 bits per heavy atom. The summed E-state index contributed by atoms with van der Waals surface area (Å²) in [6.07, 6.45) is 0.117. The van der Waals surface area contributed by atoms with Crippen molar-refractivity contribution in [2.75, 3.05) is 24.7 Å². The van der Waals surface area contributed by atoms with Crippen LogP contribution in [-0.4, -0.2) is 46.4 Å². The molecule has 1 unspecified atom stereocenters. The lowest BCUT2D eigenvalue weighted by atomic mass is 10.0. The first-order valence-electron chi connectivity index (χ1n) is 3.88. The standard InChI is InChI=1S/C7H13NO3S/c9-3-1-7(11)5-12-4-2-8-6(7)10/h9,11H,1-5H2,(H,8,10). The maximum absolute atomic E-state index is 11.2. The van der Waals surface area contributed by atoms with Gasteiger partial charge in [0.25, 0.3) is 5.91 Å². The monoisotopic (exact) mass is 191 g/mol. The number of rotatable bonds is 2. The third-order valence-corrected chi connectivity index (χ3v) is 3.00. The normalized spacial score (nSPS) is 31.0. The van der Waals surface area contributed by atoms with E-state index < -0.39 is 5.60 Å². The summed E-state index contributed by atoms with van der Waals surface area (Å²) in [5.41, 5.74) is -1.37. The van der Waals surface area contributed by atoms with Gasteiger partial charge in [-0.3, -0.25) is 4.79 Å². The largest absolute Gasteiger partial charge is 0.396 e. The summed E-state index contributed by atoms with van der Waals surface area (Å²) in [6, 6.07) is 0. The molecule has 0 aromatic rings. The van der Waals surface area contributed by atoms with Crippen LogP contribution >= 0.6 is 11.8 Å². The molecule has 12 heavy (non-hydrogen) atoms. The lowest BCUT2D eigenvalue weighted by Crippen LogP contribution is -2.48. The van der Waals surface area contributed by atoms with Gasteiger partial charge in [0.2, 0.25) is 0 Å². The molecule has 0 aliphatic carbocycles. The Kier molecular flexibility index (Phi) is 3.37. The minimum Gasteiger partial charge on any atom is -0.396 e. The molecule has 1 fully saturated rings. The van der Waals surface area contributed by atoms with Crippen molar-refractivity contribution >= 4 is 17.7 Å². The summed E-state index contributed by atoms with van der Waals surface area (Å²) in [5, 5.41) is 21.0. The minimum absolute atomic E-state index is 0.117. The highest BCUT2D eigenvalue weighted by atomic mass is 32.2. The smallest absolute Gasteiger partial charge is 0.252 e. The van der Waals surface area contributed by atoms with Gasteiger partial charge in [0.05, 0.1) is 0 Å². The van der Waals surface area contributed by atoms with E-state index in [-0.39, 0.29) is 18.9 Å². The van der Waals surface area contributed by atoms with Crippen LogP contribution in [0.2, 0.25) is 0 Å². The van der Waals surface area contributed by atoms with Crippen LogP contribution in [0.25, 0.3) is 0 Å². The Labute approximate surface area is 75.3 Å². The maximum atomic E-state index is 11.2. The lowest BCUT2D eigenvalue weighted by Gasteiger charge is -2.22. The molecule has 0 aromatic heterocycles. The van der Waals surface area contributed by atoms with E-state index in [1.807, 2.05) is 0 Å². The molecule has 1 rings (SSSR count). The predicted octanol–water partition coefficient (Wildman–Crippen LogP) is -1.04. The third-order valence-electron chi connectivity index (χ3n) is 1.82. The van der Waals surface area contributed by atoms with Crippen molar-refractivity contribution < 1.29 is 15.0 Å². The Bertz CT molecular complexity index is 176. The van der Waals surface area contributed by atoms with E-state index in [1.165, 1.54) is 11.8 Å². The number of thioether (sulfide) groups is 1. The fourth-order valence-corrected chi connectivity index (χ4v) is 2.08. The number of hydrogen-bond donors (Lipinski definition) is 3. The minimum atomic E-state index is -1.37. The van der Waals surface area contributed by atoms with E-state index >= 15 is 0 Å². The molecule has 1 saturated heterocycles. The van der Waals surface area contributed by atoms with Crippen LogP contribution in [0.5, 0.6) is 0 Å². The molecule has 1 amide bonds. The van der Waals surface area contributed by atoms with Gasteiger partial charge in [0, 0.05) is 31.1 Å². The van der Waals surface area contributed by atoms with Gasteiger partial charge >= 0.3 is 0 Å². The second-order valence-electron chi connectivity index (χ2n) is 2.81. The van der Waals surface area contributed by atoms with Crippen LogP contribution in [-0.2, 0) is 4.79 Å². The summed E-state index contributed by atoms with van der Waals surface area (Å²) < 4.78 is 0. The van der Waals surface area contributed by atoms with Crippen LogP contribution < -0.4 is 5.32 Å². The zero-order chi connectivity index (χ0) is 9.03. The van der Waals surface area contributed by atoms with E-state index in [0.29, 0.717) is 12.3 Å². The number of hydrogen-bond acceptors (Lipinski definition) is 4. The summed E-state index contributed by atoms with van der Waals surface area (Å²) in [4.78, 5) is 11.2. The number of aliphatic hydroxyl groups is 2. The molecule has 4 nitrogen and oxygen atoms in total. The van der Waals surface area contributed by atoms with E-state index in [4.69, 9.17) is 5.11 Å². The zero-order valence-electron chi connectivity index (χ0n) is 6.75. The molecule has 3 N–H and O–H groups in total. The van der Waals surface area contributed by atoms with E-state index in [2.05, 4.69) is 5.32 Å². The van der Waals surface area contributed by atoms with E-state index in [1.54, 1.807) is 0 Å². The molecule has 0 saturated carbocycles. The summed E-state index contributed by atoms with van der Waals surface area (Å²) in [6.45, 7) is 0.432. The van der Waals surface area contributed by atoms with E-state index in [0.717, 1.165) is 5.75 Å². The third kappa shape index (κ3) is 2.12. The Morgan fingerprint density at radius 1 is 1.67 bits per heavy atom. The molecule has 1 aliphatic heterocycles. The molecule has 0 aromatic carbocycles. The molecule has 1 atom stereocenters. The number of carbonyl (C=O) groups excluding carboxylic acids is 1. The average Bonchev–Trinajstić information content (AvgIpc) is 2.17. The summed E-state index contributed by atoms with van der Waals surface area (Å²) in [5.74, 6) is 0.834. The van der Waals surface area contributed by atoms with Crippen LogP contribution in [0.15, 0.2) is 0 Å². The van der Waals surface area contributed by atoms with Gasteiger partial charge in [-0.2, -0.15) is 11.8 Å². The highest BCUT2D eigenvalue weighted by Crippen LogP contribution is 2.19. The van der Waals surface area contributed by atoms with Crippen LogP contribution in [0.1, 0.15) is 6.42 Å². The van der Waals surface area contributed by atoms with Crippen molar-refractivity contribution in [1.82, 2.24) is 5.32 Å². The number of carbonyl (C=O) groups is 1. The number of aliphatic hydroxyl groups excluding tert-OH is 1. The Balaban J connectivity index is 2.62. The van der Waals surface area contributed by atoms with Gasteiger partial charge in [0.15, 0.2) is 5.60 Å². The van der Waals surface area contributed by atoms with Gasteiger partial charge in [0.1, 0.15) is 0 Å².